The van der Waals surface area contributed by atoms with Crippen LogP contribution in [0.5, 0.6) is 0 Å². The first-order chi connectivity index (χ1) is 30.7. The maximum absolute atomic E-state index is 5.26. The molecule has 0 radical (unpaired) electrons. The molecular formula is C58H47N5. The molecule has 8 aromatic carbocycles. The molecule has 11 aromatic rings. The first-order valence-electron chi connectivity index (χ1n) is 22.2. The van der Waals surface area contributed by atoms with Crippen molar-refractivity contribution in [3.05, 3.63) is 187 Å². The van der Waals surface area contributed by atoms with Gasteiger partial charge in [0, 0.05) is 38.4 Å². The predicted octanol–water partition coefficient (Wildman–Crippen LogP) is 14.8. The Morgan fingerprint density at radius 2 is 1.00 bits per heavy atom. The summed E-state index contributed by atoms with van der Waals surface area (Å²) < 4.78 is 4.69. The Balaban J connectivity index is 1.10. The van der Waals surface area contributed by atoms with E-state index in [1.165, 1.54) is 66.5 Å². The monoisotopic (exact) mass is 813 g/mol. The second kappa shape index (κ2) is 13.8. The molecule has 3 aromatic heterocycles. The molecule has 0 saturated heterocycles. The minimum atomic E-state index is 0.113. The molecule has 0 saturated carbocycles. The van der Waals surface area contributed by atoms with Crippen LogP contribution in [0.2, 0.25) is 0 Å². The fourth-order valence-electron chi connectivity index (χ4n) is 10.8. The molecule has 5 nitrogen and oxygen atoms in total. The Labute approximate surface area is 367 Å². The normalized spacial score (nSPS) is 15.7. The molecule has 1 aliphatic carbocycles. The van der Waals surface area contributed by atoms with Crippen molar-refractivity contribution >= 4 is 54.4 Å². The molecule has 1 aliphatic rings. The maximum atomic E-state index is 5.26. The average molecular weight is 814 g/mol. The van der Waals surface area contributed by atoms with Crippen LogP contribution in [0.1, 0.15) is 52.2 Å². The van der Waals surface area contributed by atoms with Crippen molar-refractivity contribution in [1.82, 2.24) is 24.1 Å². The Hall–Kier alpha value is -7.37. The van der Waals surface area contributed by atoms with Gasteiger partial charge in [-0.1, -0.05) is 174 Å². The minimum absolute atomic E-state index is 0.113. The number of rotatable bonds is 5. The predicted molar refractivity (Wildman–Crippen MR) is 262 cm³/mol. The summed E-state index contributed by atoms with van der Waals surface area (Å²) in [5, 5.41) is 7.16. The fraction of sp³-hybridized carbons (Fsp3) is 0.155. The molecule has 0 spiro atoms. The number of nitrogens with zero attached hydrogens (tertiary/aromatic N) is 5. The molecule has 63 heavy (non-hydrogen) atoms. The molecule has 1 unspecified atom stereocenters. The van der Waals surface area contributed by atoms with Crippen LogP contribution in [-0.4, -0.2) is 24.1 Å². The summed E-state index contributed by atoms with van der Waals surface area (Å²) >= 11 is 0. The van der Waals surface area contributed by atoms with E-state index in [4.69, 9.17) is 15.0 Å². The third-order valence-electron chi connectivity index (χ3n) is 14.3. The lowest BCUT2D eigenvalue weighted by Crippen LogP contribution is -2.40. The highest BCUT2D eigenvalue weighted by Gasteiger charge is 2.42. The van der Waals surface area contributed by atoms with Crippen LogP contribution in [0.4, 0.5) is 0 Å². The molecule has 12 rings (SSSR count). The van der Waals surface area contributed by atoms with E-state index in [0.717, 1.165) is 33.4 Å². The van der Waals surface area contributed by atoms with Gasteiger partial charge < -0.3 is 4.57 Å². The minimum Gasteiger partial charge on any atom is -0.309 e. The average Bonchev–Trinajstić information content (AvgIpc) is 3.84. The molecule has 0 N–H and O–H groups in total. The lowest BCUT2D eigenvalue weighted by molar-refractivity contribution is 0.233. The largest absolute Gasteiger partial charge is 0.309 e. The highest BCUT2D eigenvalue weighted by molar-refractivity contribution is 6.33. The van der Waals surface area contributed by atoms with Crippen molar-refractivity contribution < 1.29 is 0 Å². The van der Waals surface area contributed by atoms with Gasteiger partial charge in [0.2, 0.25) is 5.95 Å². The van der Waals surface area contributed by atoms with E-state index < -0.39 is 0 Å². The van der Waals surface area contributed by atoms with Crippen molar-refractivity contribution in [2.45, 2.75) is 51.9 Å². The summed E-state index contributed by atoms with van der Waals surface area (Å²) in [5.74, 6) is 2.45. The van der Waals surface area contributed by atoms with Gasteiger partial charge in [0.1, 0.15) is 0 Å². The zero-order chi connectivity index (χ0) is 42.6. The summed E-state index contributed by atoms with van der Waals surface area (Å²) in [5.41, 5.74) is 13.2. The molecule has 0 fully saturated rings. The fourth-order valence-corrected chi connectivity index (χ4v) is 10.8. The highest BCUT2D eigenvalue weighted by atomic mass is 15.2. The smallest absolute Gasteiger partial charge is 0.238 e. The van der Waals surface area contributed by atoms with E-state index in [1.807, 2.05) is 36.4 Å². The maximum Gasteiger partial charge on any atom is 0.238 e. The van der Waals surface area contributed by atoms with Crippen LogP contribution >= 0.6 is 0 Å². The SMILES string of the molecule is CC1CC(C)(C)c2ccc(-c3ccc(-n4c5ccccc5c5c6c7c8ccccc8ccc7n(-c7nc(-c8ccccc8)nc(-c8ccccc8)n7)c6ccc54)cc3)cc2C1(C)C. The molecule has 0 amide bonds. The van der Waals surface area contributed by atoms with E-state index in [-0.39, 0.29) is 10.8 Å². The molecular weight excluding hydrogens is 767 g/mol. The summed E-state index contributed by atoms with van der Waals surface area (Å²) in [4.78, 5) is 15.6. The van der Waals surface area contributed by atoms with Gasteiger partial charge in [-0.25, -0.2) is 4.98 Å². The molecule has 3 heterocycles. The summed E-state index contributed by atoms with van der Waals surface area (Å²) in [7, 11) is 0. The van der Waals surface area contributed by atoms with E-state index in [9.17, 15) is 0 Å². The first-order valence-corrected chi connectivity index (χ1v) is 22.2. The molecule has 0 bridgehead atoms. The molecule has 0 aliphatic heterocycles. The van der Waals surface area contributed by atoms with Gasteiger partial charge >= 0.3 is 0 Å². The van der Waals surface area contributed by atoms with Crippen LogP contribution < -0.4 is 0 Å². The van der Waals surface area contributed by atoms with Crippen LogP contribution in [-0.2, 0) is 10.8 Å². The number of aromatic nitrogens is 5. The summed E-state index contributed by atoms with van der Waals surface area (Å²) in [6.07, 6.45) is 1.20. The van der Waals surface area contributed by atoms with Gasteiger partial charge in [-0.15, -0.1) is 0 Å². The van der Waals surface area contributed by atoms with Crippen LogP contribution in [0, 0.1) is 5.92 Å². The number of para-hydroxylation sites is 1. The third kappa shape index (κ3) is 5.72. The van der Waals surface area contributed by atoms with Gasteiger partial charge in [-0.3, -0.25) is 4.57 Å². The summed E-state index contributed by atoms with van der Waals surface area (Å²) in [6, 6.07) is 63.4. The number of benzene rings is 8. The van der Waals surface area contributed by atoms with Crippen LogP contribution in [0.3, 0.4) is 0 Å². The topological polar surface area (TPSA) is 48.5 Å². The van der Waals surface area contributed by atoms with E-state index in [2.05, 4.69) is 183 Å². The molecule has 5 heteroatoms. The number of hydrogen-bond acceptors (Lipinski definition) is 3. The highest BCUT2D eigenvalue weighted by Crippen LogP contribution is 2.50. The second-order valence-corrected chi connectivity index (χ2v) is 18.8. The van der Waals surface area contributed by atoms with E-state index in [0.29, 0.717) is 23.5 Å². The van der Waals surface area contributed by atoms with Gasteiger partial charge in [0.25, 0.3) is 0 Å². The number of fused-ring (bicyclic) bond motifs is 10. The van der Waals surface area contributed by atoms with Gasteiger partial charge in [-0.2, -0.15) is 9.97 Å². The van der Waals surface area contributed by atoms with Gasteiger partial charge in [-0.05, 0) is 92.6 Å². The van der Waals surface area contributed by atoms with Crippen molar-refractivity contribution in [2.24, 2.45) is 5.92 Å². The number of hydrogen-bond donors (Lipinski definition) is 0. The van der Waals surface area contributed by atoms with E-state index >= 15 is 0 Å². The standard InChI is InChI=1S/C58H47N5/c1-36-35-57(2,3)45-30-26-41(34-46(45)58(36,4)5)37-24-28-42(29-25-37)62-47-23-15-14-22-44(47)52-48(62)32-33-50-53(52)51-43-21-13-12-16-38(43)27-31-49(51)63(50)56-60-54(39-17-8-6-9-18-39)59-55(61-56)40-19-10-7-11-20-40/h6-34,36H,35H2,1-5H3. The Morgan fingerprint density at radius 3 is 1.70 bits per heavy atom. The first kappa shape index (κ1) is 37.4. The Morgan fingerprint density at radius 1 is 0.444 bits per heavy atom. The lowest BCUT2D eigenvalue weighted by Gasteiger charge is -2.46. The molecule has 1 atom stereocenters. The van der Waals surface area contributed by atoms with Crippen molar-refractivity contribution in [3.8, 4) is 45.5 Å². The third-order valence-corrected chi connectivity index (χ3v) is 14.3. The van der Waals surface area contributed by atoms with Crippen molar-refractivity contribution in [1.29, 1.82) is 0 Å². The van der Waals surface area contributed by atoms with Crippen molar-refractivity contribution in [3.63, 3.8) is 0 Å². The van der Waals surface area contributed by atoms with Gasteiger partial charge in [0.05, 0.1) is 22.1 Å². The van der Waals surface area contributed by atoms with E-state index in [1.54, 1.807) is 0 Å². The lowest BCUT2D eigenvalue weighted by atomic mass is 9.58. The van der Waals surface area contributed by atoms with Gasteiger partial charge in [0.15, 0.2) is 11.6 Å². The molecule has 304 valence electrons. The zero-order valence-electron chi connectivity index (χ0n) is 36.3. The quantitative estimate of drug-likeness (QED) is 0.174. The zero-order valence-corrected chi connectivity index (χ0v) is 36.3. The van der Waals surface area contributed by atoms with Crippen LogP contribution in [0.25, 0.3) is 99.9 Å². The Kier molecular flexibility index (Phi) is 8.20. The van der Waals surface area contributed by atoms with Crippen LogP contribution in [0.15, 0.2) is 176 Å². The summed E-state index contributed by atoms with van der Waals surface area (Å²) in [6.45, 7) is 12.1. The Bertz CT molecular complexity index is 3540. The second-order valence-electron chi connectivity index (χ2n) is 18.8. The van der Waals surface area contributed by atoms with Crippen molar-refractivity contribution in [2.75, 3.05) is 0 Å².